The van der Waals surface area contributed by atoms with Gasteiger partial charge in [0.15, 0.2) is 0 Å². The van der Waals surface area contributed by atoms with E-state index >= 15 is 0 Å². The first-order chi connectivity index (χ1) is 14.7. The van der Waals surface area contributed by atoms with E-state index in [-0.39, 0.29) is 0 Å². The van der Waals surface area contributed by atoms with Crippen LogP contribution < -0.4 is 11.5 Å². The van der Waals surface area contributed by atoms with E-state index in [9.17, 15) is 0 Å². The first kappa shape index (κ1) is 27.0. The minimum atomic E-state index is -4.67. The summed E-state index contributed by atoms with van der Waals surface area (Å²) >= 11 is 0. The second-order valence-corrected chi connectivity index (χ2v) is 11.7. The monoisotopic (exact) mass is 460 g/mol. The van der Waals surface area contributed by atoms with Crippen molar-refractivity contribution in [2.75, 3.05) is 0 Å². The van der Waals surface area contributed by atoms with E-state index in [4.69, 9.17) is 29.0 Å². The van der Waals surface area contributed by atoms with Crippen molar-refractivity contribution in [3.8, 4) is 0 Å². The molecule has 6 N–H and O–H groups in total. The van der Waals surface area contributed by atoms with E-state index in [2.05, 4.69) is 0 Å². The molecule has 31 heavy (non-hydrogen) atoms. The maximum Gasteiger partial charge on any atom is 0.394 e. The highest BCUT2D eigenvalue weighted by Crippen LogP contribution is 2.36. The van der Waals surface area contributed by atoms with Gasteiger partial charge in [-0.2, -0.15) is 8.42 Å². The Morgan fingerprint density at radius 3 is 1.00 bits per heavy atom. The third-order valence-corrected chi connectivity index (χ3v) is 8.07. The summed E-state index contributed by atoms with van der Waals surface area (Å²) in [6, 6.07) is 1.06. The molecule has 6 nitrogen and oxygen atoms in total. The Balaban J connectivity index is 0.000000182. The van der Waals surface area contributed by atoms with Crippen LogP contribution >= 0.6 is 0 Å². The molecule has 7 heteroatoms. The number of rotatable bonds is 4. The van der Waals surface area contributed by atoms with Crippen LogP contribution in [-0.2, 0) is 10.4 Å². The molecule has 0 atom stereocenters. The maximum absolute atomic E-state index is 8.74. The van der Waals surface area contributed by atoms with Crippen molar-refractivity contribution < 1.29 is 17.5 Å². The van der Waals surface area contributed by atoms with Crippen LogP contribution in [0, 0.1) is 23.7 Å². The Morgan fingerprint density at radius 1 is 0.516 bits per heavy atom. The van der Waals surface area contributed by atoms with Crippen molar-refractivity contribution in [3.05, 3.63) is 0 Å². The second-order valence-electron chi connectivity index (χ2n) is 10.8. The zero-order valence-corrected chi connectivity index (χ0v) is 20.3. The molecule has 4 aliphatic rings. The molecule has 0 aliphatic heterocycles. The van der Waals surface area contributed by atoms with Gasteiger partial charge in [-0.25, -0.2) is 0 Å². The summed E-state index contributed by atoms with van der Waals surface area (Å²) in [5.74, 6) is 4.23. The van der Waals surface area contributed by atoms with Crippen molar-refractivity contribution in [1.29, 1.82) is 0 Å². The summed E-state index contributed by atoms with van der Waals surface area (Å²) in [6.45, 7) is 0. The van der Waals surface area contributed by atoms with Gasteiger partial charge in [0.1, 0.15) is 0 Å². The average molecular weight is 461 g/mol. The van der Waals surface area contributed by atoms with Gasteiger partial charge in [0.05, 0.1) is 0 Å². The molecule has 0 amide bonds. The first-order valence-electron chi connectivity index (χ1n) is 12.9. The van der Waals surface area contributed by atoms with E-state index in [1.165, 1.54) is 116 Å². The minimum Gasteiger partial charge on any atom is -0.328 e. The lowest BCUT2D eigenvalue weighted by molar-refractivity contribution is 0.271. The first-order valence-corrected chi connectivity index (χ1v) is 14.3. The van der Waals surface area contributed by atoms with Crippen LogP contribution in [0.1, 0.15) is 116 Å². The maximum atomic E-state index is 8.74. The third kappa shape index (κ3) is 13.2. The molecule has 4 rings (SSSR count). The summed E-state index contributed by atoms with van der Waals surface area (Å²) in [5.41, 5.74) is 11.8. The lowest BCUT2D eigenvalue weighted by Crippen LogP contribution is -2.27. The minimum absolute atomic E-state index is 0.528. The predicted molar refractivity (Wildman–Crippen MR) is 127 cm³/mol. The zero-order valence-electron chi connectivity index (χ0n) is 19.5. The molecular weight excluding hydrogens is 412 g/mol. The predicted octanol–water partition coefficient (Wildman–Crippen LogP) is 5.52. The SMILES string of the molecule is NC1CCC(CC2CCCC2)CC1.NC1CCC(CC2CCCC2)CC1.O=S(=O)(O)O. The molecular formula is C24H48N2O4S. The van der Waals surface area contributed by atoms with Crippen LogP contribution in [0.2, 0.25) is 0 Å². The summed E-state index contributed by atoms with van der Waals surface area (Å²) < 4.78 is 31.6. The topological polar surface area (TPSA) is 127 Å². The smallest absolute Gasteiger partial charge is 0.328 e. The van der Waals surface area contributed by atoms with E-state index in [0.717, 1.165) is 23.7 Å². The number of nitrogens with two attached hydrogens (primary N) is 2. The zero-order chi connectivity index (χ0) is 22.7. The molecule has 184 valence electrons. The lowest BCUT2D eigenvalue weighted by atomic mass is 9.80. The van der Waals surface area contributed by atoms with Crippen molar-refractivity contribution in [2.45, 2.75) is 128 Å². The van der Waals surface area contributed by atoms with Crippen molar-refractivity contribution in [2.24, 2.45) is 35.1 Å². The highest BCUT2D eigenvalue weighted by atomic mass is 32.3. The largest absolute Gasteiger partial charge is 0.394 e. The number of hydrogen-bond acceptors (Lipinski definition) is 4. The van der Waals surface area contributed by atoms with Gasteiger partial charge in [0, 0.05) is 12.1 Å². The average Bonchev–Trinajstić information content (AvgIpc) is 3.39. The molecule has 0 aromatic carbocycles. The molecule has 0 bridgehead atoms. The molecule has 0 saturated heterocycles. The molecule has 0 spiro atoms. The van der Waals surface area contributed by atoms with Gasteiger partial charge in [-0.05, 0) is 87.9 Å². The van der Waals surface area contributed by atoms with Gasteiger partial charge in [-0.3, -0.25) is 9.11 Å². The summed E-state index contributed by atoms with van der Waals surface area (Å²) in [5, 5.41) is 0. The van der Waals surface area contributed by atoms with Crippen molar-refractivity contribution in [1.82, 2.24) is 0 Å². The van der Waals surface area contributed by atoms with Crippen LogP contribution in [0.25, 0.3) is 0 Å². The summed E-state index contributed by atoms with van der Waals surface area (Å²) in [6.07, 6.45) is 25.9. The quantitative estimate of drug-likeness (QED) is 0.409. The highest BCUT2D eigenvalue weighted by Gasteiger charge is 2.24. The van der Waals surface area contributed by atoms with E-state index in [1.54, 1.807) is 0 Å². The Labute approximate surface area is 190 Å². The summed E-state index contributed by atoms with van der Waals surface area (Å²) in [7, 11) is -4.67. The van der Waals surface area contributed by atoms with Gasteiger partial charge in [0.2, 0.25) is 0 Å². The summed E-state index contributed by atoms with van der Waals surface area (Å²) in [4.78, 5) is 0. The molecule has 4 saturated carbocycles. The van der Waals surface area contributed by atoms with Crippen LogP contribution in [0.5, 0.6) is 0 Å². The van der Waals surface area contributed by atoms with Crippen molar-refractivity contribution >= 4 is 10.4 Å². The fourth-order valence-corrected chi connectivity index (χ4v) is 6.28. The Bertz CT molecular complexity index is 514. The Kier molecular flexibility index (Phi) is 12.3. The van der Waals surface area contributed by atoms with Gasteiger partial charge < -0.3 is 11.5 Å². The van der Waals surface area contributed by atoms with Crippen LogP contribution in [0.15, 0.2) is 0 Å². The van der Waals surface area contributed by atoms with Gasteiger partial charge in [-0.15, -0.1) is 0 Å². The Hall–Kier alpha value is -0.210. The third-order valence-electron chi connectivity index (χ3n) is 8.07. The molecule has 4 aliphatic carbocycles. The molecule has 4 fully saturated rings. The van der Waals surface area contributed by atoms with E-state index in [0.29, 0.717) is 12.1 Å². The lowest BCUT2D eigenvalue weighted by Gasteiger charge is -2.27. The van der Waals surface area contributed by atoms with Gasteiger partial charge in [-0.1, -0.05) is 51.4 Å². The van der Waals surface area contributed by atoms with Gasteiger partial charge in [0.25, 0.3) is 0 Å². The fourth-order valence-electron chi connectivity index (χ4n) is 6.28. The van der Waals surface area contributed by atoms with Crippen molar-refractivity contribution in [3.63, 3.8) is 0 Å². The van der Waals surface area contributed by atoms with Crippen LogP contribution in [0.4, 0.5) is 0 Å². The Morgan fingerprint density at radius 2 is 0.742 bits per heavy atom. The van der Waals surface area contributed by atoms with Crippen LogP contribution in [0.3, 0.4) is 0 Å². The standard InChI is InChI=1S/2C12H23N.H2O4S/c2*13-12-7-5-11(6-8-12)9-10-3-1-2-4-10;1-5(2,3)4/h2*10-12H,1-9,13H2;(H2,1,2,3,4). The molecule has 0 unspecified atom stereocenters. The fraction of sp³-hybridized carbons (Fsp3) is 1.00. The highest BCUT2D eigenvalue weighted by molar-refractivity contribution is 7.79. The van der Waals surface area contributed by atoms with Gasteiger partial charge >= 0.3 is 10.4 Å². The molecule has 0 heterocycles. The molecule has 0 aromatic heterocycles. The normalized spacial score (nSPS) is 32.6. The second kappa shape index (κ2) is 14.1. The molecule has 0 radical (unpaired) electrons. The van der Waals surface area contributed by atoms with E-state index in [1.807, 2.05) is 0 Å². The van der Waals surface area contributed by atoms with E-state index < -0.39 is 10.4 Å². The number of hydrogen-bond donors (Lipinski definition) is 4. The molecule has 0 aromatic rings. The van der Waals surface area contributed by atoms with Crippen LogP contribution in [-0.4, -0.2) is 29.6 Å².